The van der Waals surface area contributed by atoms with Crippen molar-refractivity contribution in [1.82, 2.24) is 10.2 Å². The molecule has 1 saturated carbocycles. The van der Waals surface area contributed by atoms with Gasteiger partial charge in [-0.3, -0.25) is 4.79 Å². The van der Waals surface area contributed by atoms with Crippen LogP contribution in [0.1, 0.15) is 26.2 Å². The first-order valence-electron chi connectivity index (χ1n) is 5.68. The maximum Gasteiger partial charge on any atom is 0.239 e. The Bertz CT molecular complexity index is 229. The molecule has 14 heavy (non-hydrogen) atoms. The Balaban J connectivity index is 1.87. The van der Waals surface area contributed by atoms with Crippen LogP contribution in [0.2, 0.25) is 0 Å². The predicted molar refractivity (Wildman–Crippen MR) is 55.9 cm³/mol. The number of nitrogens with zero attached hydrogens (tertiary/aromatic N) is 1. The molecule has 1 aliphatic carbocycles. The lowest BCUT2D eigenvalue weighted by atomic mass is 10.0. The second-order valence-corrected chi connectivity index (χ2v) is 4.74. The summed E-state index contributed by atoms with van der Waals surface area (Å²) < 4.78 is 0. The van der Waals surface area contributed by atoms with Crippen LogP contribution in [-0.2, 0) is 4.79 Å². The monoisotopic (exact) mass is 196 g/mol. The first kappa shape index (κ1) is 9.97. The van der Waals surface area contributed by atoms with Crippen molar-refractivity contribution < 1.29 is 4.79 Å². The van der Waals surface area contributed by atoms with Gasteiger partial charge >= 0.3 is 0 Å². The summed E-state index contributed by atoms with van der Waals surface area (Å²) in [4.78, 5) is 13.9. The molecule has 3 heteroatoms. The van der Waals surface area contributed by atoms with Gasteiger partial charge in [-0.15, -0.1) is 0 Å². The molecule has 0 aromatic carbocycles. The highest BCUT2D eigenvalue weighted by molar-refractivity contribution is 5.82. The van der Waals surface area contributed by atoms with Crippen LogP contribution >= 0.6 is 0 Å². The van der Waals surface area contributed by atoms with Crippen LogP contribution in [0.4, 0.5) is 0 Å². The smallest absolute Gasteiger partial charge is 0.239 e. The molecule has 0 bridgehead atoms. The van der Waals surface area contributed by atoms with Gasteiger partial charge in [-0.1, -0.05) is 6.92 Å². The third-order valence-electron chi connectivity index (χ3n) is 3.61. The molecule has 1 amide bonds. The Morgan fingerprint density at radius 1 is 1.57 bits per heavy atom. The minimum atomic E-state index is 0.0813. The number of carbonyl (C=O) groups is 1. The van der Waals surface area contributed by atoms with E-state index in [4.69, 9.17) is 0 Å². The van der Waals surface area contributed by atoms with Gasteiger partial charge in [0.2, 0.25) is 5.91 Å². The lowest BCUT2D eigenvalue weighted by molar-refractivity contribution is -0.136. The fourth-order valence-corrected chi connectivity index (χ4v) is 2.33. The summed E-state index contributed by atoms with van der Waals surface area (Å²) in [6, 6.07) is 0.0813. The zero-order chi connectivity index (χ0) is 10.1. The Kier molecular flexibility index (Phi) is 2.77. The molecule has 2 fully saturated rings. The molecule has 1 heterocycles. The second-order valence-electron chi connectivity index (χ2n) is 4.74. The van der Waals surface area contributed by atoms with Gasteiger partial charge in [0, 0.05) is 13.1 Å². The summed E-state index contributed by atoms with van der Waals surface area (Å²) in [5, 5.41) is 3.10. The topological polar surface area (TPSA) is 32.3 Å². The van der Waals surface area contributed by atoms with E-state index in [-0.39, 0.29) is 6.04 Å². The van der Waals surface area contributed by atoms with Crippen LogP contribution in [0.25, 0.3) is 0 Å². The number of nitrogens with one attached hydrogen (secondary N) is 1. The Morgan fingerprint density at radius 3 is 2.86 bits per heavy atom. The first-order chi connectivity index (χ1) is 6.72. The Hall–Kier alpha value is -0.570. The number of rotatable bonds is 3. The van der Waals surface area contributed by atoms with Crippen molar-refractivity contribution in [2.75, 3.05) is 20.1 Å². The zero-order valence-electron chi connectivity index (χ0n) is 9.12. The van der Waals surface area contributed by atoms with E-state index < -0.39 is 0 Å². The van der Waals surface area contributed by atoms with Crippen molar-refractivity contribution in [3.05, 3.63) is 0 Å². The zero-order valence-corrected chi connectivity index (χ0v) is 9.12. The SMILES string of the molecule is CNC1CCCN(CC2CC2C)C1=O. The lowest BCUT2D eigenvalue weighted by Gasteiger charge is -2.32. The molecule has 0 aromatic rings. The first-order valence-corrected chi connectivity index (χ1v) is 5.68. The van der Waals surface area contributed by atoms with E-state index in [1.807, 2.05) is 7.05 Å². The van der Waals surface area contributed by atoms with Crippen LogP contribution in [-0.4, -0.2) is 37.0 Å². The molecule has 0 spiro atoms. The molecule has 1 saturated heterocycles. The van der Waals surface area contributed by atoms with Crippen molar-refractivity contribution in [2.24, 2.45) is 11.8 Å². The quantitative estimate of drug-likeness (QED) is 0.726. The number of hydrogen-bond acceptors (Lipinski definition) is 2. The van der Waals surface area contributed by atoms with Crippen molar-refractivity contribution in [3.63, 3.8) is 0 Å². The van der Waals surface area contributed by atoms with Crippen molar-refractivity contribution in [1.29, 1.82) is 0 Å². The molecule has 3 unspecified atom stereocenters. The number of likely N-dealkylation sites (N-methyl/N-ethyl adjacent to an activating group) is 1. The van der Waals surface area contributed by atoms with Crippen LogP contribution in [0.3, 0.4) is 0 Å². The van der Waals surface area contributed by atoms with Gasteiger partial charge in [0.05, 0.1) is 6.04 Å². The normalized spacial score (nSPS) is 37.4. The van der Waals surface area contributed by atoms with Gasteiger partial charge in [-0.05, 0) is 38.1 Å². The molecular weight excluding hydrogens is 176 g/mol. The molecule has 0 radical (unpaired) electrons. The van der Waals surface area contributed by atoms with Crippen molar-refractivity contribution in [3.8, 4) is 0 Å². The average molecular weight is 196 g/mol. The number of amides is 1. The highest BCUT2D eigenvalue weighted by Crippen LogP contribution is 2.38. The Morgan fingerprint density at radius 2 is 2.29 bits per heavy atom. The largest absolute Gasteiger partial charge is 0.341 e. The van der Waals surface area contributed by atoms with Crippen LogP contribution in [0.5, 0.6) is 0 Å². The van der Waals surface area contributed by atoms with E-state index in [2.05, 4.69) is 17.1 Å². The molecule has 80 valence electrons. The standard InChI is InChI=1S/C11H20N2O/c1-8-6-9(8)7-13-5-3-4-10(12-2)11(13)14/h8-10,12H,3-7H2,1-2H3. The minimum Gasteiger partial charge on any atom is -0.341 e. The summed E-state index contributed by atoms with van der Waals surface area (Å²) in [6.45, 7) is 4.24. The maximum atomic E-state index is 11.9. The fraction of sp³-hybridized carbons (Fsp3) is 0.909. The van der Waals surface area contributed by atoms with Gasteiger partial charge in [0.25, 0.3) is 0 Å². The summed E-state index contributed by atoms with van der Waals surface area (Å²) >= 11 is 0. The number of piperidine rings is 1. The van der Waals surface area contributed by atoms with E-state index >= 15 is 0 Å². The van der Waals surface area contributed by atoms with Crippen molar-refractivity contribution in [2.45, 2.75) is 32.2 Å². The number of likely N-dealkylation sites (tertiary alicyclic amines) is 1. The highest BCUT2D eigenvalue weighted by Gasteiger charge is 2.37. The lowest BCUT2D eigenvalue weighted by Crippen LogP contribution is -2.50. The number of carbonyl (C=O) groups excluding carboxylic acids is 1. The maximum absolute atomic E-state index is 11.9. The molecular formula is C11H20N2O. The van der Waals surface area contributed by atoms with Gasteiger partial charge in [-0.2, -0.15) is 0 Å². The molecule has 0 aromatic heterocycles. The predicted octanol–water partition coefficient (Wildman–Crippen LogP) is 0.853. The molecule has 1 aliphatic heterocycles. The fourth-order valence-electron chi connectivity index (χ4n) is 2.33. The second kappa shape index (κ2) is 3.89. The van der Waals surface area contributed by atoms with Crippen LogP contribution < -0.4 is 5.32 Å². The molecule has 2 rings (SSSR count). The third kappa shape index (κ3) is 1.92. The van der Waals surface area contributed by atoms with Gasteiger partial charge < -0.3 is 10.2 Å². The van der Waals surface area contributed by atoms with Gasteiger partial charge in [0.15, 0.2) is 0 Å². The van der Waals surface area contributed by atoms with Crippen molar-refractivity contribution >= 4 is 5.91 Å². The molecule has 3 atom stereocenters. The summed E-state index contributed by atoms with van der Waals surface area (Å²) in [5.74, 6) is 1.95. The summed E-state index contributed by atoms with van der Waals surface area (Å²) in [7, 11) is 1.88. The summed E-state index contributed by atoms with van der Waals surface area (Å²) in [5.41, 5.74) is 0. The third-order valence-corrected chi connectivity index (χ3v) is 3.61. The van der Waals surface area contributed by atoms with E-state index in [0.29, 0.717) is 5.91 Å². The average Bonchev–Trinajstić information content (AvgIpc) is 2.86. The van der Waals surface area contributed by atoms with E-state index in [0.717, 1.165) is 37.8 Å². The van der Waals surface area contributed by atoms with E-state index in [1.165, 1.54) is 6.42 Å². The van der Waals surface area contributed by atoms with Gasteiger partial charge in [-0.25, -0.2) is 0 Å². The molecule has 3 nitrogen and oxygen atoms in total. The summed E-state index contributed by atoms with van der Waals surface area (Å²) in [6.07, 6.45) is 3.47. The van der Waals surface area contributed by atoms with Gasteiger partial charge in [0.1, 0.15) is 0 Å². The van der Waals surface area contributed by atoms with Crippen LogP contribution in [0.15, 0.2) is 0 Å². The highest BCUT2D eigenvalue weighted by atomic mass is 16.2. The minimum absolute atomic E-state index is 0.0813. The molecule has 2 aliphatic rings. The number of hydrogen-bond donors (Lipinski definition) is 1. The Labute approximate surface area is 85.8 Å². The van der Waals surface area contributed by atoms with E-state index in [9.17, 15) is 4.79 Å². The van der Waals surface area contributed by atoms with E-state index in [1.54, 1.807) is 0 Å². The van der Waals surface area contributed by atoms with Crippen LogP contribution in [0, 0.1) is 11.8 Å². The molecule has 1 N–H and O–H groups in total.